The number of aromatic nitrogens is 3. The van der Waals surface area contributed by atoms with Gasteiger partial charge in [-0.15, -0.1) is 11.3 Å². The van der Waals surface area contributed by atoms with Gasteiger partial charge in [0, 0.05) is 21.7 Å². The molecule has 1 aromatic carbocycles. The Hall–Kier alpha value is -2.42. The normalized spacial score (nSPS) is 11.3. The van der Waals surface area contributed by atoms with Gasteiger partial charge in [0.2, 0.25) is 0 Å². The molecule has 0 fully saturated rings. The minimum Gasteiger partial charge on any atom is -0.462 e. The van der Waals surface area contributed by atoms with Gasteiger partial charge < -0.3 is 9.72 Å². The second-order valence-electron chi connectivity index (χ2n) is 6.31. The number of fused-ring (bicyclic) bond motifs is 3. The first-order valence-corrected chi connectivity index (χ1v) is 10.7. The predicted octanol–water partition coefficient (Wildman–Crippen LogP) is 4.77. The maximum atomic E-state index is 12.8. The van der Waals surface area contributed by atoms with E-state index in [2.05, 4.69) is 27.6 Å². The number of hydrogen-bond donors (Lipinski definition) is 2. The number of pyridine rings is 1. The van der Waals surface area contributed by atoms with Gasteiger partial charge in [-0.25, -0.2) is 14.8 Å². The summed E-state index contributed by atoms with van der Waals surface area (Å²) in [5.74, 6) is 0.261. The molecule has 3 aromatic heterocycles. The molecule has 0 amide bonds. The molecule has 4 rings (SSSR count). The van der Waals surface area contributed by atoms with Crippen molar-refractivity contribution in [3.63, 3.8) is 0 Å². The molecule has 6 nitrogen and oxygen atoms in total. The highest BCUT2D eigenvalue weighted by Gasteiger charge is 2.25. The van der Waals surface area contributed by atoms with E-state index < -0.39 is 5.97 Å². The summed E-state index contributed by atoms with van der Waals surface area (Å²) >= 11 is 11.5. The number of H-pyrrole nitrogens is 1. The predicted molar refractivity (Wildman–Crippen MR) is 119 cm³/mol. The molecule has 0 aliphatic rings. The maximum Gasteiger partial charge on any atom is 0.340 e. The minimum absolute atomic E-state index is 0.239. The fourth-order valence-electron chi connectivity index (χ4n) is 3.27. The third-order valence-electron chi connectivity index (χ3n) is 4.47. The lowest BCUT2D eigenvalue weighted by molar-refractivity contribution is 0.0526. The van der Waals surface area contributed by atoms with E-state index in [0.29, 0.717) is 48.1 Å². The number of nitrogens with one attached hydrogen (secondary N) is 1. The number of thiol groups is 1. The average Bonchev–Trinajstić information content (AvgIpc) is 3.06. The van der Waals surface area contributed by atoms with E-state index >= 15 is 0 Å². The van der Waals surface area contributed by atoms with E-state index in [1.54, 1.807) is 26.0 Å². The van der Waals surface area contributed by atoms with Crippen LogP contribution in [0.5, 0.6) is 0 Å². The van der Waals surface area contributed by atoms with Gasteiger partial charge >= 0.3 is 5.97 Å². The van der Waals surface area contributed by atoms with E-state index in [-0.39, 0.29) is 17.9 Å². The van der Waals surface area contributed by atoms with Crippen LogP contribution in [0.4, 0.5) is 0 Å². The molecule has 0 saturated carbocycles. The monoisotopic (exact) mass is 445 g/mol. The Kier molecular flexibility index (Phi) is 5.33. The van der Waals surface area contributed by atoms with Gasteiger partial charge in [-0.2, -0.15) is 12.6 Å². The van der Waals surface area contributed by atoms with Gasteiger partial charge in [0.15, 0.2) is 0 Å². The number of carbonyl (C=O) groups is 1. The summed E-state index contributed by atoms with van der Waals surface area (Å²) in [5.41, 5.74) is 2.54. The molecule has 0 atom stereocenters. The average molecular weight is 446 g/mol. The molecule has 0 radical (unpaired) electrons. The number of halogens is 1. The number of benzene rings is 1. The smallest absolute Gasteiger partial charge is 0.340 e. The van der Waals surface area contributed by atoms with Crippen LogP contribution in [0.1, 0.15) is 28.8 Å². The van der Waals surface area contributed by atoms with Gasteiger partial charge in [0.25, 0.3) is 5.56 Å². The molecular weight excluding hydrogens is 430 g/mol. The summed E-state index contributed by atoms with van der Waals surface area (Å²) in [6, 6.07) is 7.16. The minimum atomic E-state index is -0.469. The van der Waals surface area contributed by atoms with Crippen LogP contribution in [0.25, 0.3) is 31.6 Å². The van der Waals surface area contributed by atoms with Gasteiger partial charge in [-0.05, 0) is 31.5 Å². The van der Waals surface area contributed by atoms with Gasteiger partial charge in [0.1, 0.15) is 15.4 Å². The van der Waals surface area contributed by atoms with Gasteiger partial charge in [-0.3, -0.25) is 4.79 Å². The third-order valence-corrected chi connectivity index (χ3v) is 6.09. The molecule has 29 heavy (non-hydrogen) atoms. The highest BCUT2D eigenvalue weighted by molar-refractivity contribution is 7.79. The molecule has 0 unspecified atom stereocenters. The van der Waals surface area contributed by atoms with Crippen LogP contribution in [0, 0.1) is 6.92 Å². The Labute approximate surface area is 180 Å². The summed E-state index contributed by atoms with van der Waals surface area (Å²) in [6.07, 6.45) is 0. The lowest BCUT2D eigenvalue weighted by Crippen LogP contribution is -2.11. The molecule has 1 N–H and O–H groups in total. The largest absolute Gasteiger partial charge is 0.462 e. The molecule has 0 bridgehead atoms. The second-order valence-corrected chi connectivity index (χ2v) is 8.06. The number of ether oxygens (including phenoxy) is 1. The molecule has 0 aliphatic carbocycles. The quantitative estimate of drug-likeness (QED) is 0.349. The number of esters is 1. The summed E-state index contributed by atoms with van der Waals surface area (Å²) in [7, 11) is 0. The Balaban J connectivity index is 2.21. The van der Waals surface area contributed by atoms with E-state index in [0.717, 1.165) is 5.56 Å². The lowest BCUT2D eigenvalue weighted by atomic mass is 9.95. The molecule has 9 heteroatoms. The topological polar surface area (TPSA) is 84.9 Å². The Morgan fingerprint density at radius 1 is 1.28 bits per heavy atom. The standard InChI is InChI=1S/C20H16ClN3O3S2/c1-3-27-20(26)13-9(2)22-19-15(14(13)10-4-6-11(21)7-5-10)16-17(29-19)18(25)24-12(8-28)23-16/h4-7,28H,3,8H2,1-2H3,(H,23,24,25). The SMILES string of the molecule is CCOC(=O)c1c(C)nc2sc3c(=O)[nH]c(CS)nc3c2c1-c1ccc(Cl)cc1. The van der Waals surface area contributed by atoms with Crippen LogP contribution in [0.15, 0.2) is 29.1 Å². The number of aromatic amines is 1. The van der Waals surface area contributed by atoms with Crippen LogP contribution < -0.4 is 5.56 Å². The van der Waals surface area contributed by atoms with Crippen molar-refractivity contribution >= 4 is 62.0 Å². The van der Waals surface area contributed by atoms with Crippen molar-refractivity contribution in [3.8, 4) is 11.1 Å². The van der Waals surface area contributed by atoms with Crippen molar-refractivity contribution in [2.45, 2.75) is 19.6 Å². The van der Waals surface area contributed by atoms with Crippen molar-refractivity contribution in [1.82, 2.24) is 15.0 Å². The summed E-state index contributed by atoms with van der Waals surface area (Å²) in [5, 5.41) is 1.23. The van der Waals surface area contributed by atoms with E-state index in [1.165, 1.54) is 11.3 Å². The number of rotatable bonds is 4. The summed E-state index contributed by atoms with van der Waals surface area (Å²) in [6.45, 7) is 3.75. The first-order chi connectivity index (χ1) is 13.9. The zero-order chi connectivity index (χ0) is 20.7. The van der Waals surface area contributed by atoms with Crippen LogP contribution in [-0.4, -0.2) is 27.5 Å². The molecule has 148 valence electrons. The Morgan fingerprint density at radius 3 is 2.66 bits per heavy atom. The molecule has 0 spiro atoms. The molecular formula is C20H16ClN3O3S2. The van der Waals surface area contributed by atoms with E-state index in [1.807, 2.05) is 12.1 Å². The van der Waals surface area contributed by atoms with Crippen molar-refractivity contribution in [2.24, 2.45) is 0 Å². The molecule has 0 saturated heterocycles. The second kappa shape index (κ2) is 7.78. The highest BCUT2D eigenvalue weighted by Crippen LogP contribution is 2.40. The van der Waals surface area contributed by atoms with Gasteiger partial charge in [0.05, 0.1) is 23.4 Å². The first-order valence-electron chi connectivity index (χ1n) is 8.84. The zero-order valence-electron chi connectivity index (χ0n) is 15.6. The lowest BCUT2D eigenvalue weighted by Gasteiger charge is -2.13. The Morgan fingerprint density at radius 2 is 2.00 bits per heavy atom. The van der Waals surface area contributed by atoms with Crippen molar-refractivity contribution in [3.05, 3.63) is 56.7 Å². The Bertz CT molecular complexity index is 1310. The molecule has 4 aromatic rings. The molecule has 3 heterocycles. The third kappa shape index (κ3) is 3.41. The van der Waals surface area contributed by atoms with E-state index in [4.69, 9.17) is 16.3 Å². The maximum absolute atomic E-state index is 12.8. The summed E-state index contributed by atoms with van der Waals surface area (Å²) < 4.78 is 5.75. The first kappa shape index (κ1) is 19.9. The van der Waals surface area contributed by atoms with Crippen molar-refractivity contribution in [1.29, 1.82) is 0 Å². The number of hydrogen-bond acceptors (Lipinski definition) is 7. The van der Waals surface area contributed by atoms with Crippen LogP contribution in [0.2, 0.25) is 5.02 Å². The van der Waals surface area contributed by atoms with Gasteiger partial charge in [-0.1, -0.05) is 23.7 Å². The highest BCUT2D eigenvalue weighted by atomic mass is 35.5. The number of aryl methyl sites for hydroxylation is 1. The van der Waals surface area contributed by atoms with Crippen molar-refractivity contribution < 1.29 is 9.53 Å². The van der Waals surface area contributed by atoms with Crippen molar-refractivity contribution in [2.75, 3.05) is 6.61 Å². The number of carbonyl (C=O) groups excluding carboxylic acids is 1. The fourth-order valence-corrected chi connectivity index (χ4v) is 4.61. The van der Waals surface area contributed by atoms with Crippen LogP contribution >= 0.6 is 35.6 Å². The fraction of sp³-hybridized carbons (Fsp3) is 0.200. The summed E-state index contributed by atoms with van der Waals surface area (Å²) in [4.78, 5) is 37.9. The molecule has 0 aliphatic heterocycles. The van der Waals surface area contributed by atoms with Crippen LogP contribution in [0.3, 0.4) is 0 Å². The van der Waals surface area contributed by atoms with Crippen LogP contribution in [-0.2, 0) is 10.5 Å². The zero-order valence-corrected chi connectivity index (χ0v) is 18.0. The number of nitrogens with zero attached hydrogens (tertiary/aromatic N) is 2. The van der Waals surface area contributed by atoms with E-state index in [9.17, 15) is 9.59 Å². The number of thiophene rings is 1.